The van der Waals surface area contributed by atoms with Gasteiger partial charge < -0.3 is 9.47 Å². The SMILES string of the molecule is CCOC(=O)C1(Cc2ccccc2F)COCCC1=O. The van der Waals surface area contributed by atoms with Crippen molar-refractivity contribution in [1.82, 2.24) is 0 Å². The molecule has 1 heterocycles. The van der Waals surface area contributed by atoms with Gasteiger partial charge in [-0.1, -0.05) is 18.2 Å². The molecule has 0 bridgehead atoms. The number of benzene rings is 1. The fourth-order valence-corrected chi connectivity index (χ4v) is 2.36. The number of rotatable bonds is 4. The predicted molar refractivity (Wildman–Crippen MR) is 69.6 cm³/mol. The van der Waals surface area contributed by atoms with Crippen LogP contribution < -0.4 is 0 Å². The molecule has 1 aliphatic heterocycles. The number of carbonyl (C=O) groups excluding carboxylic acids is 2. The zero-order valence-electron chi connectivity index (χ0n) is 11.4. The fraction of sp³-hybridized carbons (Fsp3) is 0.467. The Bertz CT molecular complexity index is 514. The molecule has 0 radical (unpaired) electrons. The van der Waals surface area contributed by atoms with Gasteiger partial charge in [0.05, 0.1) is 19.8 Å². The van der Waals surface area contributed by atoms with Gasteiger partial charge in [0.2, 0.25) is 0 Å². The lowest BCUT2D eigenvalue weighted by Crippen LogP contribution is -2.49. The van der Waals surface area contributed by atoms with Crippen molar-refractivity contribution < 1.29 is 23.5 Å². The third-order valence-electron chi connectivity index (χ3n) is 3.47. The van der Waals surface area contributed by atoms with Gasteiger partial charge in [0, 0.05) is 12.8 Å². The van der Waals surface area contributed by atoms with Crippen molar-refractivity contribution in [1.29, 1.82) is 0 Å². The van der Waals surface area contributed by atoms with Gasteiger partial charge in [0.1, 0.15) is 5.82 Å². The average molecular weight is 280 g/mol. The summed E-state index contributed by atoms with van der Waals surface area (Å²) in [5.74, 6) is -1.31. The first-order valence-corrected chi connectivity index (χ1v) is 6.62. The van der Waals surface area contributed by atoms with Crippen molar-refractivity contribution in [3.8, 4) is 0 Å². The van der Waals surface area contributed by atoms with Crippen LogP contribution in [0.4, 0.5) is 4.39 Å². The minimum atomic E-state index is -1.42. The summed E-state index contributed by atoms with van der Waals surface area (Å²) in [5.41, 5.74) is -1.10. The highest BCUT2D eigenvalue weighted by atomic mass is 19.1. The number of halogens is 1. The fourth-order valence-electron chi connectivity index (χ4n) is 2.36. The smallest absolute Gasteiger partial charge is 0.322 e. The summed E-state index contributed by atoms with van der Waals surface area (Å²) in [6.45, 7) is 2.07. The summed E-state index contributed by atoms with van der Waals surface area (Å²) in [5, 5.41) is 0. The summed E-state index contributed by atoms with van der Waals surface area (Å²) in [4.78, 5) is 24.4. The molecule has 1 aromatic carbocycles. The highest BCUT2D eigenvalue weighted by Crippen LogP contribution is 2.32. The molecule has 0 amide bonds. The maximum atomic E-state index is 13.8. The first kappa shape index (κ1) is 14.7. The summed E-state index contributed by atoms with van der Waals surface area (Å²) in [6.07, 6.45) is 0.116. The third-order valence-corrected chi connectivity index (χ3v) is 3.47. The van der Waals surface area contributed by atoms with E-state index in [0.717, 1.165) is 0 Å². The molecular weight excluding hydrogens is 263 g/mol. The van der Waals surface area contributed by atoms with Crippen molar-refractivity contribution in [3.05, 3.63) is 35.6 Å². The van der Waals surface area contributed by atoms with E-state index in [1.807, 2.05) is 0 Å². The van der Waals surface area contributed by atoms with Crippen molar-refractivity contribution in [2.45, 2.75) is 19.8 Å². The maximum absolute atomic E-state index is 13.8. The van der Waals surface area contributed by atoms with E-state index >= 15 is 0 Å². The average Bonchev–Trinajstić information content (AvgIpc) is 2.44. The van der Waals surface area contributed by atoms with E-state index in [1.54, 1.807) is 25.1 Å². The van der Waals surface area contributed by atoms with Crippen molar-refractivity contribution in [2.75, 3.05) is 19.8 Å². The summed E-state index contributed by atoms with van der Waals surface area (Å²) in [7, 11) is 0. The normalized spacial score (nSPS) is 22.6. The molecule has 1 atom stereocenters. The third kappa shape index (κ3) is 2.72. The second-order valence-corrected chi connectivity index (χ2v) is 4.80. The number of carbonyl (C=O) groups is 2. The van der Waals surface area contributed by atoms with Gasteiger partial charge in [-0.15, -0.1) is 0 Å². The lowest BCUT2D eigenvalue weighted by molar-refractivity contribution is -0.169. The molecule has 4 nitrogen and oxygen atoms in total. The number of ether oxygens (including phenoxy) is 2. The molecule has 1 aromatic rings. The highest BCUT2D eigenvalue weighted by molar-refractivity contribution is 6.04. The second-order valence-electron chi connectivity index (χ2n) is 4.80. The Labute approximate surface area is 116 Å². The van der Waals surface area contributed by atoms with Gasteiger partial charge in [-0.3, -0.25) is 9.59 Å². The minimum Gasteiger partial charge on any atom is -0.465 e. The predicted octanol–water partition coefficient (Wildman–Crippen LogP) is 1.91. The Kier molecular flexibility index (Phi) is 4.49. The number of hydrogen-bond acceptors (Lipinski definition) is 4. The molecule has 0 spiro atoms. The molecule has 0 aromatic heterocycles. The second kappa shape index (κ2) is 6.13. The highest BCUT2D eigenvalue weighted by Gasteiger charge is 2.49. The largest absolute Gasteiger partial charge is 0.465 e. The summed E-state index contributed by atoms with van der Waals surface area (Å²) in [6, 6.07) is 6.11. The topological polar surface area (TPSA) is 52.6 Å². The van der Waals surface area contributed by atoms with Crippen LogP contribution in [0.2, 0.25) is 0 Å². The van der Waals surface area contributed by atoms with Gasteiger partial charge in [-0.25, -0.2) is 4.39 Å². The van der Waals surface area contributed by atoms with Crippen LogP contribution in [0.1, 0.15) is 18.9 Å². The van der Waals surface area contributed by atoms with Gasteiger partial charge in [-0.2, -0.15) is 0 Å². The van der Waals surface area contributed by atoms with Crippen LogP contribution in [-0.4, -0.2) is 31.6 Å². The van der Waals surface area contributed by atoms with Crippen LogP contribution in [0.5, 0.6) is 0 Å². The van der Waals surface area contributed by atoms with E-state index in [0.29, 0.717) is 5.56 Å². The molecule has 0 N–H and O–H groups in total. The van der Waals surface area contributed by atoms with Crippen LogP contribution in [0.15, 0.2) is 24.3 Å². The Morgan fingerprint density at radius 3 is 2.85 bits per heavy atom. The molecule has 1 saturated heterocycles. The van der Waals surface area contributed by atoms with Crippen LogP contribution >= 0.6 is 0 Å². The number of esters is 1. The Balaban J connectivity index is 2.34. The molecule has 1 fully saturated rings. The van der Waals surface area contributed by atoms with Crippen LogP contribution in [0.3, 0.4) is 0 Å². The Morgan fingerprint density at radius 1 is 1.45 bits per heavy atom. The standard InChI is InChI=1S/C15H17FO4/c1-2-20-14(18)15(10-19-8-7-13(15)17)9-11-5-3-4-6-12(11)16/h3-6H,2,7-10H2,1H3. The quantitative estimate of drug-likeness (QED) is 0.624. The lowest BCUT2D eigenvalue weighted by Gasteiger charge is -2.33. The first-order chi connectivity index (χ1) is 9.60. The van der Waals surface area contributed by atoms with Crippen LogP contribution in [0, 0.1) is 11.2 Å². The number of Topliss-reactive ketones (excluding diaryl/α,β-unsaturated/α-hetero) is 1. The molecule has 0 aliphatic carbocycles. The van der Waals surface area contributed by atoms with E-state index < -0.39 is 17.2 Å². The van der Waals surface area contributed by atoms with Gasteiger partial charge >= 0.3 is 5.97 Å². The van der Waals surface area contributed by atoms with Gasteiger partial charge in [0.15, 0.2) is 11.2 Å². The zero-order valence-corrected chi connectivity index (χ0v) is 11.4. The molecule has 5 heteroatoms. The van der Waals surface area contributed by atoms with E-state index in [-0.39, 0.29) is 38.4 Å². The molecule has 20 heavy (non-hydrogen) atoms. The summed E-state index contributed by atoms with van der Waals surface area (Å²) < 4.78 is 24.1. The summed E-state index contributed by atoms with van der Waals surface area (Å²) >= 11 is 0. The van der Waals surface area contributed by atoms with Crippen molar-refractivity contribution in [3.63, 3.8) is 0 Å². The van der Waals surface area contributed by atoms with Crippen LogP contribution in [0.25, 0.3) is 0 Å². The zero-order chi connectivity index (χ0) is 14.6. The van der Waals surface area contributed by atoms with Gasteiger partial charge in [-0.05, 0) is 18.6 Å². The molecule has 2 rings (SSSR count). The molecule has 1 unspecified atom stereocenters. The van der Waals surface area contributed by atoms with E-state index in [9.17, 15) is 14.0 Å². The molecule has 0 saturated carbocycles. The van der Waals surface area contributed by atoms with E-state index in [2.05, 4.69) is 0 Å². The van der Waals surface area contributed by atoms with Crippen molar-refractivity contribution >= 4 is 11.8 Å². The molecule has 108 valence electrons. The monoisotopic (exact) mass is 280 g/mol. The number of hydrogen-bond donors (Lipinski definition) is 0. The Hall–Kier alpha value is -1.75. The maximum Gasteiger partial charge on any atom is 0.322 e. The Morgan fingerprint density at radius 2 is 2.20 bits per heavy atom. The van der Waals surface area contributed by atoms with E-state index in [4.69, 9.17) is 9.47 Å². The molecule has 1 aliphatic rings. The first-order valence-electron chi connectivity index (χ1n) is 6.62. The van der Waals surface area contributed by atoms with E-state index in [1.165, 1.54) is 6.07 Å². The minimum absolute atomic E-state index is 0.0304. The lowest BCUT2D eigenvalue weighted by atomic mass is 9.76. The molecular formula is C15H17FO4. The number of ketones is 1. The van der Waals surface area contributed by atoms with Crippen molar-refractivity contribution in [2.24, 2.45) is 5.41 Å². The van der Waals surface area contributed by atoms with Crippen LogP contribution in [-0.2, 0) is 25.5 Å². The van der Waals surface area contributed by atoms with Gasteiger partial charge in [0.25, 0.3) is 0 Å².